The number of fused-ring (bicyclic) bond motifs is 1. The summed E-state index contributed by atoms with van der Waals surface area (Å²) >= 11 is 0. The summed E-state index contributed by atoms with van der Waals surface area (Å²) in [7, 11) is 0. The van der Waals surface area contributed by atoms with Crippen molar-refractivity contribution >= 4 is 17.6 Å². The van der Waals surface area contributed by atoms with Gasteiger partial charge in [0.15, 0.2) is 0 Å². The van der Waals surface area contributed by atoms with Gasteiger partial charge in [-0.2, -0.15) is 0 Å². The van der Waals surface area contributed by atoms with Gasteiger partial charge in [-0.3, -0.25) is 14.5 Å². The van der Waals surface area contributed by atoms with Gasteiger partial charge in [0.05, 0.1) is 18.8 Å². The van der Waals surface area contributed by atoms with Crippen molar-refractivity contribution in [3.8, 4) is 5.75 Å². The minimum absolute atomic E-state index is 0.110. The first-order valence-electron chi connectivity index (χ1n) is 9.10. The largest absolute Gasteiger partial charge is 0.492 e. The molecule has 0 aromatic heterocycles. The maximum absolute atomic E-state index is 12.6. The molecule has 3 unspecified atom stereocenters. The Kier molecular flexibility index (Phi) is 5.58. The topological polar surface area (TPSA) is 78.9 Å². The second-order valence-corrected chi connectivity index (χ2v) is 6.85. The molecule has 3 rings (SSSR count). The van der Waals surface area contributed by atoms with E-state index in [0.29, 0.717) is 30.4 Å². The van der Waals surface area contributed by atoms with E-state index >= 15 is 0 Å². The van der Waals surface area contributed by atoms with Gasteiger partial charge in [0, 0.05) is 6.04 Å². The SMILES string of the molecule is CCOc1ccccc1NC(=O)CN1C(C(=O)O)CC2CCCCC21. The predicted octanol–water partition coefficient (Wildman–Crippen LogP) is 2.74. The number of rotatable bonds is 6. The fraction of sp³-hybridized carbons (Fsp3) is 0.579. The number of nitrogens with zero attached hydrogens (tertiary/aromatic N) is 1. The number of carboxylic acid groups (broad SMARTS) is 1. The number of carbonyl (C=O) groups is 2. The molecule has 0 radical (unpaired) electrons. The Bertz CT molecular complexity index is 634. The summed E-state index contributed by atoms with van der Waals surface area (Å²) in [5.74, 6) is 0.0185. The molecule has 6 heteroatoms. The molecular weight excluding hydrogens is 320 g/mol. The van der Waals surface area contributed by atoms with Gasteiger partial charge in [-0.15, -0.1) is 0 Å². The van der Waals surface area contributed by atoms with Gasteiger partial charge in [0.2, 0.25) is 5.91 Å². The van der Waals surface area contributed by atoms with Gasteiger partial charge in [-0.1, -0.05) is 25.0 Å². The van der Waals surface area contributed by atoms with Crippen LogP contribution in [0.3, 0.4) is 0 Å². The summed E-state index contributed by atoms with van der Waals surface area (Å²) in [6, 6.07) is 6.96. The molecule has 1 aliphatic carbocycles. The van der Waals surface area contributed by atoms with E-state index in [1.54, 1.807) is 6.07 Å². The van der Waals surface area contributed by atoms with Gasteiger partial charge in [0.1, 0.15) is 11.8 Å². The lowest BCUT2D eigenvalue weighted by atomic mass is 9.85. The van der Waals surface area contributed by atoms with Crippen LogP contribution < -0.4 is 10.1 Å². The first kappa shape index (κ1) is 17.7. The molecule has 0 spiro atoms. The Morgan fingerprint density at radius 1 is 1.28 bits per heavy atom. The minimum Gasteiger partial charge on any atom is -0.492 e. The zero-order valence-corrected chi connectivity index (χ0v) is 14.6. The van der Waals surface area contributed by atoms with E-state index in [9.17, 15) is 14.7 Å². The monoisotopic (exact) mass is 346 g/mol. The number of anilines is 1. The molecule has 25 heavy (non-hydrogen) atoms. The van der Waals surface area contributed by atoms with E-state index in [2.05, 4.69) is 5.32 Å². The van der Waals surface area contributed by atoms with Crippen molar-refractivity contribution in [1.29, 1.82) is 0 Å². The van der Waals surface area contributed by atoms with E-state index in [0.717, 1.165) is 25.7 Å². The van der Waals surface area contributed by atoms with Crippen LogP contribution in [0.1, 0.15) is 39.0 Å². The van der Waals surface area contributed by atoms with Crippen LogP contribution in [0.2, 0.25) is 0 Å². The van der Waals surface area contributed by atoms with Crippen molar-refractivity contribution in [2.75, 3.05) is 18.5 Å². The standard InChI is InChI=1S/C19H26N2O4/c1-2-25-17-10-6-4-8-14(17)20-18(22)12-21-15-9-5-3-7-13(15)11-16(21)19(23)24/h4,6,8,10,13,15-16H,2-3,5,7,9,11-12H2,1H3,(H,20,22)(H,23,24). The van der Waals surface area contributed by atoms with Crippen molar-refractivity contribution in [3.63, 3.8) is 0 Å². The minimum atomic E-state index is -0.822. The molecule has 6 nitrogen and oxygen atoms in total. The number of ether oxygens (including phenoxy) is 1. The summed E-state index contributed by atoms with van der Waals surface area (Å²) in [5, 5.41) is 12.4. The van der Waals surface area contributed by atoms with Crippen molar-refractivity contribution in [2.45, 2.75) is 51.1 Å². The van der Waals surface area contributed by atoms with Crippen LogP contribution in [-0.2, 0) is 9.59 Å². The number of aliphatic carboxylic acids is 1. The van der Waals surface area contributed by atoms with E-state index in [4.69, 9.17) is 4.74 Å². The fourth-order valence-corrected chi connectivity index (χ4v) is 4.23. The maximum Gasteiger partial charge on any atom is 0.320 e. The molecule has 1 aliphatic heterocycles. The average Bonchev–Trinajstić information content (AvgIpc) is 2.96. The van der Waals surface area contributed by atoms with Gasteiger partial charge in [-0.25, -0.2) is 0 Å². The number of carbonyl (C=O) groups excluding carboxylic acids is 1. The number of benzene rings is 1. The normalized spacial score (nSPS) is 26.0. The zero-order chi connectivity index (χ0) is 17.8. The Morgan fingerprint density at radius 3 is 2.80 bits per heavy atom. The summed E-state index contributed by atoms with van der Waals surface area (Å²) in [6.45, 7) is 2.52. The zero-order valence-electron chi connectivity index (χ0n) is 14.6. The molecule has 136 valence electrons. The highest BCUT2D eigenvalue weighted by molar-refractivity contribution is 5.94. The van der Waals surface area contributed by atoms with Gasteiger partial charge in [0.25, 0.3) is 0 Å². The summed E-state index contributed by atoms with van der Waals surface area (Å²) in [5.41, 5.74) is 0.626. The number of para-hydroxylation sites is 2. The van der Waals surface area contributed by atoms with Crippen LogP contribution in [0.4, 0.5) is 5.69 Å². The smallest absolute Gasteiger partial charge is 0.320 e. The Balaban J connectivity index is 1.69. The lowest BCUT2D eigenvalue weighted by Crippen LogP contribution is -2.46. The average molecular weight is 346 g/mol. The van der Waals surface area contributed by atoms with Gasteiger partial charge < -0.3 is 15.2 Å². The third-order valence-corrected chi connectivity index (χ3v) is 5.29. The highest BCUT2D eigenvalue weighted by atomic mass is 16.5. The van der Waals surface area contributed by atoms with Crippen molar-refractivity contribution in [1.82, 2.24) is 4.90 Å². The Morgan fingerprint density at radius 2 is 2.04 bits per heavy atom. The number of hydrogen-bond donors (Lipinski definition) is 2. The van der Waals surface area contributed by atoms with Crippen LogP contribution in [0.25, 0.3) is 0 Å². The van der Waals surface area contributed by atoms with Crippen molar-refractivity contribution in [2.24, 2.45) is 5.92 Å². The quantitative estimate of drug-likeness (QED) is 0.828. The van der Waals surface area contributed by atoms with Crippen LogP contribution in [0.5, 0.6) is 5.75 Å². The van der Waals surface area contributed by atoms with Crippen molar-refractivity contribution < 1.29 is 19.4 Å². The van der Waals surface area contributed by atoms with E-state index < -0.39 is 12.0 Å². The summed E-state index contributed by atoms with van der Waals surface area (Å²) in [4.78, 5) is 26.1. The molecule has 2 aliphatic rings. The first-order chi connectivity index (χ1) is 12.1. The molecule has 1 amide bonds. The highest BCUT2D eigenvalue weighted by Gasteiger charge is 2.45. The summed E-state index contributed by atoms with van der Waals surface area (Å²) in [6.07, 6.45) is 4.98. The van der Waals surface area contributed by atoms with Crippen LogP contribution in [0.15, 0.2) is 24.3 Å². The molecule has 1 heterocycles. The lowest BCUT2D eigenvalue weighted by molar-refractivity contribution is -0.143. The number of nitrogens with one attached hydrogen (secondary N) is 1. The third kappa shape index (κ3) is 3.95. The molecule has 1 saturated carbocycles. The fourth-order valence-electron chi connectivity index (χ4n) is 4.23. The Hall–Kier alpha value is -2.08. The predicted molar refractivity (Wildman–Crippen MR) is 94.7 cm³/mol. The molecule has 1 aromatic carbocycles. The second kappa shape index (κ2) is 7.87. The number of likely N-dealkylation sites (tertiary alicyclic amines) is 1. The first-order valence-corrected chi connectivity index (χ1v) is 9.10. The number of hydrogen-bond acceptors (Lipinski definition) is 4. The molecule has 0 bridgehead atoms. The third-order valence-electron chi connectivity index (χ3n) is 5.29. The summed E-state index contributed by atoms with van der Waals surface area (Å²) < 4.78 is 5.53. The number of carboxylic acids is 1. The van der Waals surface area contributed by atoms with Crippen molar-refractivity contribution in [3.05, 3.63) is 24.3 Å². The second-order valence-electron chi connectivity index (χ2n) is 6.85. The molecule has 3 atom stereocenters. The van der Waals surface area contributed by atoms with Gasteiger partial charge >= 0.3 is 5.97 Å². The molecule has 1 saturated heterocycles. The molecule has 2 fully saturated rings. The maximum atomic E-state index is 12.6. The Labute approximate surface area is 148 Å². The lowest BCUT2D eigenvalue weighted by Gasteiger charge is -2.32. The molecule has 1 aromatic rings. The molecule has 2 N–H and O–H groups in total. The van der Waals surface area contributed by atoms with E-state index in [1.807, 2.05) is 30.0 Å². The van der Waals surface area contributed by atoms with Crippen LogP contribution >= 0.6 is 0 Å². The number of amides is 1. The van der Waals surface area contributed by atoms with Crippen LogP contribution in [0, 0.1) is 5.92 Å². The molecular formula is C19H26N2O4. The van der Waals surface area contributed by atoms with E-state index in [1.165, 1.54) is 0 Å². The van der Waals surface area contributed by atoms with Gasteiger partial charge in [-0.05, 0) is 44.2 Å². The van der Waals surface area contributed by atoms with Crippen LogP contribution in [-0.4, -0.2) is 47.1 Å². The highest BCUT2D eigenvalue weighted by Crippen LogP contribution is 2.39. The van der Waals surface area contributed by atoms with E-state index in [-0.39, 0.29) is 18.5 Å².